The van der Waals surface area contributed by atoms with Crippen LogP contribution in [0.15, 0.2) is 40.9 Å². The van der Waals surface area contributed by atoms with E-state index in [0.29, 0.717) is 28.7 Å². The first-order valence-electron chi connectivity index (χ1n) is 7.42. The summed E-state index contributed by atoms with van der Waals surface area (Å²) in [5, 5.41) is 0.566. The second-order valence-electron chi connectivity index (χ2n) is 5.15. The van der Waals surface area contributed by atoms with Crippen molar-refractivity contribution < 1.29 is 14.3 Å². The first-order chi connectivity index (χ1) is 11.0. The van der Waals surface area contributed by atoms with Gasteiger partial charge in [-0.15, -0.1) is 0 Å². The molecule has 0 heterocycles. The minimum Gasteiger partial charge on any atom is -0.492 e. The third kappa shape index (κ3) is 4.98. The number of ether oxygens (including phenoxy) is 2. The molecule has 2 aromatic carbocycles. The van der Waals surface area contributed by atoms with Gasteiger partial charge in [-0.2, -0.15) is 0 Å². The van der Waals surface area contributed by atoms with Gasteiger partial charge in [0.1, 0.15) is 11.5 Å². The van der Waals surface area contributed by atoms with Gasteiger partial charge in [0.2, 0.25) is 0 Å². The van der Waals surface area contributed by atoms with E-state index in [-0.39, 0.29) is 0 Å². The number of carbonyl (C=O) groups is 1. The molecule has 122 valence electrons. The fraction of sp³-hybridized carbons (Fsp3) is 0.278. The molecule has 0 fully saturated rings. The molecule has 0 aliphatic carbocycles. The van der Waals surface area contributed by atoms with Gasteiger partial charge in [0.25, 0.3) is 0 Å². The van der Waals surface area contributed by atoms with Gasteiger partial charge in [-0.3, -0.25) is 0 Å². The largest absolute Gasteiger partial charge is 0.492 e. The van der Waals surface area contributed by atoms with Crippen LogP contribution in [0.3, 0.4) is 0 Å². The quantitative estimate of drug-likeness (QED) is 0.350. The van der Waals surface area contributed by atoms with Gasteiger partial charge in [-0.05, 0) is 65.2 Å². The molecule has 2 rings (SSSR count). The van der Waals surface area contributed by atoms with Crippen LogP contribution in [0.25, 0.3) is 0 Å². The number of hydrogen-bond acceptors (Lipinski definition) is 3. The topological polar surface area (TPSA) is 35.5 Å². The minimum absolute atomic E-state index is 0.421. The number of benzene rings is 2. The Morgan fingerprint density at radius 1 is 1.22 bits per heavy atom. The van der Waals surface area contributed by atoms with Crippen LogP contribution in [-0.4, -0.2) is 12.6 Å². The van der Waals surface area contributed by atoms with Crippen molar-refractivity contribution in [3.05, 3.63) is 57.0 Å². The van der Waals surface area contributed by atoms with Crippen molar-refractivity contribution in [3.63, 3.8) is 0 Å². The molecule has 0 atom stereocenters. The van der Waals surface area contributed by atoms with Crippen LogP contribution in [0, 0.1) is 6.92 Å². The lowest BCUT2D eigenvalue weighted by atomic mass is 10.2. The van der Waals surface area contributed by atoms with Crippen LogP contribution >= 0.6 is 27.5 Å². The van der Waals surface area contributed by atoms with Gasteiger partial charge < -0.3 is 9.47 Å². The summed E-state index contributed by atoms with van der Waals surface area (Å²) in [4.78, 5) is 12.2. The second-order valence-corrected chi connectivity index (χ2v) is 6.41. The minimum atomic E-state index is -0.439. The number of aryl methyl sites for hydroxylation is 1. The highest BCUT2D eigenvalue weighted by molar-refractivity contribution is 9.10. The Labute approximate surface area is 149 Å². The second kappa shape index (κ2) is 8.37. The van der Waals surface area contributed by atoms with Crippen molar-refractivity contribution in [2.24, 2.45) is 0 Å². The van der Waals surface area contributed by atoms with E-state index in [2.05, 4.69) is 22.9 Å². The molecule has 0 spiro atoms. The van der Waals surface area contributed by atoms with Crippen molar-refractivity contribution in [1.82, 2.24) is 0 Å². The number of unbranched alkanes of at least 4 members (excludes halogenated alkanes) is 1. The molecule has 5 heteroatoms. The normalized spacial score (nSPS) is 10.4. The predicted octanol–water partition coefficient (Wildman–Crippen LogP) is 5.81. The van der Waals surface area contributed by atoms with Crippen LogP contribution < -0.4 is 9.47 Å². The van der Waals surface area contributed by atoms with Gasteiger partial charge in [0, 0.05) is 5.02 Å². The predicted molar refractivity (Wildman–Crippen MR) is 95.7 cm³/mol. The summed E-state index contributed by atoms with van der Waals surface area (Å²) in [6.45, 7) is 4.65. The molecule has 3 nitrogen and oxygen atoms in total. The van der Waals surface area contributed by atoms with Crippen molar-refractivity contribution in [2.75, 3.05) is 6.61 Å². The highest BCUT2D eigenvalue weighted by Crippen LogP contribution is 2.27. The first kappa shape index (κ1) is 17.8. The van der Waals surface area contributed by atoms with Crippen molar-refractivity contribution >= 4 is 33.5 Å². The van der Waals surface area contributed by atoms with Crippen LogP contribution in [0.2, 0.25) is 5.02 Å². The standard InChI is InChI=1S/C18H18BrClO3/c1-3-4-9-22-17-8-6-13(10-15(17)19)18(21)23-14-7-5-12(2)16(20)11-14/h5-8,10-11H,3-4,9H2,1-2H3. The third-order valence-electron chi connectivity index (χ3n) is 3.28. The fourth-order valence-corrected chi connectivity index (χ4v) is 2.54. The molecule has 0 aliphatic rings. The Kier molecular flexibility index (Phi) is 6.48. The zero-order chi connectivity index (χ0) is 16.8. The average molecular weight is 398 g/mol. The van der Waals surface area contributed by atoms with Gasteiger partial charge in [0.15, 0.2) is 0 Å². The van der Waals surface area contributed by atoms with E-state index in [1.165, 1.54) is 0 Å². The van der Waals surface area contributed by atoms with Crippen molar-refractivity contribution in [3.8, 4) is 11.5 Å². The maximum Gasteiger partial charge on any atom is 0.343 e. The van der Waals surface area contributed by atoms with Crippen molar-refractivity contribution in [1.29, 1.82) is 0 Å². The zero-order valence-corrected chi connectivity index (χ0v) is 15.4. The Bertz CT molecular complexity index is 701. The molecule has 0 aliphatic heterocycles. The van der Waals surface area contributed by atoms with E-state index < -0.39 is 5.97 Å². The van der Waals surface area contributed by atoms with Gasteiger partial charge in [-0.1, -0.05) is 31.0 Å². The summed E-state index contributed by atoms with van der Waals surface area (Å²) in [5.74, 6) is 0.698. The van der Waals surface area contributed by atoms with Gasteiger partial charge >= 0.3 is 5.97 Å². The van der Waals surface area contributed by atoms with Crippen LogP contribution in [-0.2, 0) is 0 Å². The summed E-state index contributed by atoms with van der Waals surface area (Å²) in [5.41, 5.74) is 1.37. The van der Waals surface area contributed by atoms with Gasteiger partial charge in [0.05, 0.1) is 16.6 Å². The maximum atomic E-state index is 12.2. The van der Waals surface area contributed by atoms with Crippen LogP contribution in [0.5, 0.6) is 11.5 Å². The van der Waals surface area contributed by atoms with Crippen molar-refractivity contribution in [2.45, 2.75) is 26.7 Å². The van der Waals surface area contributed by atoms with E-state index in [4.69, 9.17) is 21.1 Å². The molecule has 0 N–H and O–H groups in total. The van der Waals surface area contributed by atoms with E-state index in [1.807, 2.05) is 13.0 Å². The van der Waals surface area contributed by atoms with E-state index in [1.54, 1.807) is 30.3 Å². The number of carbonyl (C=O) groups excluding carboxylic acids is 1. The van der Waals surface area contributed by atoms with E-state index in [9.17, 15) is 4.79 Å². The number of hydrogen-bond donors (Lipinski definition) is 0. The molecular formula is C18H18BrClO3. The summed E-state index contributed by atoms with van der Waals surface area (Å²) in [6, 6.07) is 10.3. The molecule has 0 unspecified atom stereocenters. The van der Waals surface area contributed by atoms with E-state index >= 15 is 0 Å². The molecule has 0 saturated heterocycles. The SMILES string of the molecule is CCCCOc1ccc(C(=O)Oc2ccc(C)c(Cl)c2)cc1Br. The first-order valence-corrected chi connectivity index (χ1v) is 8.59. The Balaban J connectivity index is 2.07. The van der Waals surface area contributed by atoms with Crippen LogP contribution in [0.4, 0.5) is 0 Å². The monoisotopic (exact) mass is 396 g/mol. The molecule has 0 bridgehead atoms. The highest BCUT2D eigenvalue weighted by atomic mass is 79.9. The van der Waals surface area contributed by atoms with E-state index in [0.717, 1.165) is 22.9 Å². The third-order valence-corrected chi connectivity index (χ3v) is 4.30. The zero-order valence-electron chi connectivity index (χ0n) is 13.1. The number of rotatable bonds is 6. The Morgan fingerprint density at radius 3 is 2.65 bits per heavy atom. The Morgan fingerprint density at radius 2 is 2.00 bits per heavy atom. The molecule has 0 aromatic heterocycles. The summed E-state index contributed by atoms with van der Waals surface area (Å²) in [7, 11) is 0. The smallest absolute Gasteiger partial charge is 0.343 e. The molecule has 0 radical (unpaired) electrons. The lowest BCUT2D eigenvalue weighted by molar-refractivity contribution is 0.0734. The molecule has 2 aromatic rings. The summed E-state index contributed by atoms with van der Waals surface area (Å²) >= 11 is 9.45. The fourth-order valence-electron chi connectivity index (χ4n) is 1.87. The maximum absolute atomic E-state index is 12.2. The Hall–Kier alpha value is -1.52. The molecular weight excluding hydrogens is 380 g/mol. The summed E-state index contributed by atoms with van der Waals surface area (Å²) < 4.78 is 11.7. The lowest BCUT2D eigenvalue weighted by Crippen LogP contribution is -2.09. The number of esters is 1. The lowest BCUT2D eigenvalue weighted by Gasteiger charge is -2.10. The van der Waals surface area contributed by atoms with Gasteiger partial charge in [-0.25, -0.2) is 4.79 Å². The summed E-state index contributed by atoms with van der Waals surface area (Å²) in [6.07, 6.45) is 2.06. The highest BCUT2D eigenvalue weighted by Gasteiger charge is 2.12. The number of halogens is 2. The van der Waals surface area contributed by atoms with Crippen LogP contribution in [0.1, 0.15) is 35.7 Å². The molecule has 0 saturated carbocycles. The average Bonchev–Trinajstić information content (AvgIpc) is 2.52. The molecule has 0 amide bonds. The molecule has 23 heavy (non-hydrogen) atoms.